The molecule has 0 bridgehead atoms. The van der Waals surface area contributed by atoms with Gasteiger partial charge >= 0.3 is 0 Å². The van der Waals surface area contributed by atoms with Crippen LogP contribution in [0.1, 0.15) is 0 Å². The fourth-order valence-corrected chi connectivity index (χ4v) is 2.01. The number of hydrogen-bond acceptors (Lipinski definition) is 4. The molecule has 1 rings (SSSR count). The van der Waals surface area contributed by atoms with Crippen LogP contribution < -0.4 is 5.32 Å². The third-order valence-electron chi connectivity index (χ3n) is 3.16. The van der Waals surface area contributed by atoms with Crippen LogP contribution in [0.5, 0.6) is 0 Å². The van der Waals surface area contributed by atoms with Gasteiger partial charge in [-0.1, -0.05) is 0 Å². The number of hydrogen-bond donors (Lipinski definition) is 1. The van der Waals surface area contributed by atoms with Crippen molar-refractivity contribution >= 4 is 0 Å². The van der Waals surface area contributed by atoms with Crippen molar-refractivity contribution in [3.05, 3.63) is 0 Å². The Kier molecular flexibility index (Phi) is 5.53. The summed E-state index contributed by atoms with van der Waals surface area (Å²) < 4.78 is 0. The van der Waals surface area contributed by atoms with Crippen LogP contribution in [0, 0.1) is 0 Å². The van der Waals surface area contributed by atoms with E-state index in [-0.39, 0.29) is 0 Å². The number of rotatable bonds is 5. The van der Waals surface area contributed by atoms with Crippen molar-refractivity contribution in [2.24, 2.45) is 0 Å². The summed E-state index contributed by atoms with van der Waals surface area (Å²) in [5, 5.41) is 3.27. The zero-order chi connectivity index (χ0) is 11.3. The molecule has 1 aliphatic rings. The van der Waals surface area contributed by atoms with E-state index in [4.69, 9.17) is 0 Å². The first kappa shape index (κ1) is 12.9. The van der Waals surface area contributed by atoms with Gasteiger partial charge in [0.25, 0.3) is 0 Å². The number of nitrogens with one attached hydrogen (secondary N) is 1. The van der Waals surface area contributed by atoms with Crippen LogP contribution in [0.2, 0.25) is 0 Å². The highest BCUT2D eigenvalue weighted by Crippen LogP contribution is 2.06. The maximum atomic E-state index is 3.27. The SMILES string of the molecule is CNCC1CN(CCN(C)C)CCN1C. The summed E-state index contributed by atoms with van der Waals surface area (Å²) in [5.74, 6) is 0. The minimum atomic E-state index is 0.672. The second-order valence-electron chi connectivity index (χ2n) is 4.80. The summed E-state index contributed by atoms with van der Waals surface area (Å²) in [7, 11) is 8.54. The van der Waals surface area contributed by atoms with Crippen LogP contribution in [0.25, 0.3) is 0 Å². The quantitative estimate of drug-likeness (QED) is 0.659. The Labute approximate surface area is 94.2 Å². The summed E-state index contributed by atoms with van der Waals surface area (Å²) in [4.78, 5) is 7.29. The van der Waals surface area contributed by atoms with E-state index in [0.29, 0.717) is 6.04 Å². The Morgan fingerprint density at radius 3 is 2.67 bits per heavy atom. The summed E-state index contributed by atoms with van der Waals surface area (Å²) in [6, 6.07) is 0.672. The number of likely N-dealkylation sites (N-methyl/N-ethyl adjacent to an activating group) is 3. The monoisotopic (exact) mass is 214 g/mol. The topological polar surface area (TPSA) is 21.8 Å². The lowest BCUT2D eigenvalue weighted by Gasteiger charge is -2.39. The molecule has 0 aromatic rings. The van der Waals surface area contributed by atoms with E-state index < -0.39 is 0 Å². The van der Waals surface area contributed by atoms with Crippen molar-refractivity contribution in [3.8, 4) is 0 Å². The second-order valence-corrected chi connectivity index (χ2v) is 4.80. The summed E-state index contributed by atoms with van der Waals surface area (Å²) in [6.45, 7) is 7.06. The van der Waals surface area contributed by atoms with E-state index in [1.807, 2.05) is 7.05 Å². The largest absolute Gasteiger partial charge is 0.318 e. The molecule has 1 atom stereocenters. The molecule has 0 saturated carbocycles. The third-order valence-corrected chi connectivity index (χ3v) is 3.16. The molecule has 15 heavy (non-hydrogen) atoms. The van der Waals surface area contributed by atoms with Gasteiger partial charge in [0.2, 0.25) is 0 Å². The molecule has 0 aromatic heterocycles. The predicted molar refractivity (Wildman–Crippen MR) is 65.3 cm³/mol. The van der Waals surface area contributed by atoms with Gasteiger partial charge in [-0.05, 0) is 28.2 Å². The molecule has 0 spiro atoms. The standard InChI is InChI=1S/C11H26N4/c1-12-9-11-10-15(7-5-13(2)3)8-6-14(11)4/h11-12H,5-10H2,1-4H3. The highest BCUT2D eigenvalue weighted by atomic mass is 15.3. The average Bonchev–Trinajstić information content (AvgIpc) is 2.19. The first-order valence-corrected chi connectivity index (χ1v) is 5.85. The zero-order valence-corrected chi connectivity index (χ0v) is 10.7. The van der Waals surface area contributed by atoms with Crippen molar-refractivity contribution in [3.63, 3.8) is 0 Å². The van der Waals surface area contributed by atoms with E-state index in [0.717, 1.165) is 13.1 Å². The van der Waals surface area contributed by atoms with Crippen LogP contribution in [-0.4, -0.2) is 88.2 Å². The molecule has 90 valence electrons. The Morgan fingerprint density at radius 2 is 2.07 bits per heavy atom. The first-order chi connectivity index (χ1) is 7.13. The van der Waals surface area contributed by atoms with Gasteiger partial charge in [0, 0.05) is 45.3 Å². The molecule has 1 N–H and O–H groups in total. The molecule has 0 aromatic carbocycles. The van der Waals surface area contributed by atoms with E-state index in [9.17, 15) is 0 Å². The third kappa shape index (κ3) is 4.47. The lowest BCUT2D eigenvalue weighted by atomic mass is 10.2. The minimum absolute atomic E-state index is 0.672. The molecule has 1 aliphatic heterocycles. The van der Waals surface area contributed by atoms with Gasteiger partial charge in [0.15, 0.2) is 0 Å². The molecule has 0 radical (unpaired) electrons. The maximum Gasteiger partial charge on any atom is 0.0345 e. The van der Waals surface area contributed by atoms with Crippen LogP contribution in [0.15, 0.2) is 0 Å². The van der Waals surface area contributed by atoms with Gasteiger partial charge in [-0.3, -0.25) is 9.80 Å². The van der Waals surface area contributed by atoms with E-state index in [1.54, 1.807) is 0 Å². The van der Waals surface area contributed by atoms with Gasteiger partial charge in [0.05, 0.1) is 0 Å². The van der Waals surface area contributed by atoms with Gasteiger partial charge in [0.1, 0.15) is 0 Å². The molecule has 1 unspecified atom stereocenters. The average molecular weight is 214 g/mol. The molecule has 0 aliphatic carbocycles. The van der Waals surface area contributed by atoms with Crippen LogP contribution >= 0.6 is 0 Å². The molecule has 1 fully saturated rings. The Hall–Kier alpha value is -0.160. The lowest BCUT2D eigenvalue weighted by molar-refractivity contribution is 0.0909. The fourth-order valence-electron chi connectivity index (χ4n) is 2.01. The molecular formula is C11H26N4. The zero-order valence-electron chi connectivity index (χ0n) is 10.7. The van der Waals surface area contributed by atoms with E-state index in [1.165, 1.54) is 26.2 Å². The van der Waals surface area contributed by atoms with Crippen LogP contribution in [0.3, 0.4) is 0 Å². The molecule has 4 nitrogen and oxygen atoms in total. The normalized spacial score (nSPS) is 25.0. The first-order valence-electron chi connectivity index (χ1n) is 5.85. The smallest absolute Gasteiger partial charge is 0.0345 e. The summed E-state index contributed by atoms with van der Waals surface area (Å²) in [6.07, 6.45) is 0. The minimum Gasteiger partial charge on any atom is -0.318 e. The molecule has 4 heteroatoms. The Morgan fingerprint density at radius 1 is 1.33 bits per heavy atom. The van der Waals surface area contributed by atoms with Crippen molar-refractivity contribution in [2.45, 2.75) is 6.04 Å². The van der Waals surface area contributed by atoms with Gasteiger partial charge in [-0.25, -0.2) is 0 Å². The van der Waals surface area contributed by atoms with E-state index >= 15 is 0 Å². The maximum absolute atomic E-state index is 3.27. The van der Waals surface area contributed by atoms with Gasteiger partial charge in [-0.15, -0.1) is 0 Å². The molecule has 1 heterocycles. The van der Waals surface area contributed by atoms with E-state index in [2.05, 4.69) is 41.2 Å². The number of nitrogens with zero attached hydrogens (tertiary/aromatic N) is 3. The van der Waals surface area contributed by atoms with Crippen molar-refractivity contribution < 1.29 is 0 Å². The van der Waals surface area contributed by atoms with Gasteiger partial charge < -0.3 is 10.2 Å². The molecule has 1 saturated heterocycles. The molecular weight excluding hydrogens is 188 g/mol. The lowest BCUT2D eigenvalue weighted by Crippen LogP contribution is -2.55. The van der Waals surface area contributed by atoms with Crippen molar-refractivity contribution in [1.29, 1.82) is 0 Å². The Bertz CT molecular complexity index is 172. The summed E-state index contributed by atoms with van der Waals surface area (Å²) >= 11 is 0. The Balaban J connectivity index is 2.29. The van der Waals surface area contributed by atoms with Crippen molar-refractivity contribution in [2.75, 3.05) is 67.5 Å². The number of piperazine rings is 1. The van der Waals surface area contributed by atoms with Crippen LogP contribution in [-0.2, 0) is 0 Å². The highest BCUT2D eigenvalue weighted by molar-refractivity contribution is 4.81. The van der Waals surface area contributed by atoms with Gasteiger partial charge in [-0.2, -0.15) is 0 Å². The predicted octanol–water partition coefficient (Wildman–Crippen LogP) is -0.617. The molecule has 0 amide bonds. The van der Waals surface area contributed by atoms with Crippen LogP contribution in [0.4, 0.5) is 0 Å². The fraction of sp³-hybridized carbons (Fsp3) is 1.00. The van der Waals surface area contributed by atoms with Crippen molar-refractivity contribution in [1.82, 2.24) is 20.0 Å². The highest BCUT2D eigenvalue weighted by Gasteiger charge is 2.23. The summed E-state index contributed by atoms with van der Waals surface area (Å²) in [5.41, 5.74) is 0. The second kappa shape index (κ2) is 6.43.